The molecule has 0 spiro atoms. The Hall–Kier alpha value is -1.67. The van der Waals surface area contributed by atoms with Crippen LogP contribution in [0.25, 0.3) is 16.2 Å². The van der Waals surface area contributed by atoms with Gasteiger partial charge in [0.15, 0.2) is 0 Å². The van der Waals surface area contributed by atoms with Gasteiger partial charge in [0.05, 0.1) is 11.4 Å². The lowest BCUT2D eigenvalue weighted by atomic mass is 9.96. The van der Waals surface area contributed by atoms with Crippen LogP contribution in [0.5, 0.6) is 0 Å². The Balaban J connectivity index is 1.23. The third kappa shape index (κ3) is 4.08. The van der Waals surface area contributed by atoms with E-state index >= 15 is 0 Å². The fourth-order valence-corrected chi connectivity index (χ4v) is 5.68. The largest absolute Gasteiger partial charge is 0.347 e. The van der Waals surface area contributed by atoms with Crippen LogP contribution < -0.4 is 4.90 Å². The van der Waals surface area contributed by atoms with E-state index in [1.54, 1.807) is 11.3 Å². The molecule has 160 valence electrons. The summed E-state index contributed by atoms with van der Waals surface area (Å²) in [5.41, 5.74) is 3.16. The van der Waals surface area contributed by atoms with E-state index in [-0.39, 0.29) is 0 Å². The molecular formula is C22H29ClN6S. The molecule has 8 heteroatoms. The van der Waals surface area contributed by atoms with Crippen molar-refractivity contribution in [2.45, 2.75) is 19.8 Å². The third-order valence-corrected chi connectivity index (χ3v) is 7.75. The molecule has 0 N–H and O–H groups in total. The van der Waals surface area contributed by atoms with Crippen molar-refractivity contribution >= 4 is 33.0 Å². The average molecular weight is 445 g/mol. The summed E-state index contributed by atoms with van der Waals surface area (Å²) in [7, 11) is 2.22. The van der Waals surface area contributed by atoms with Gasteiger partial charge in [-0.05, 0) is 44.9 Å². The summed E-state index contributed by atoms with van der Waals surface area (Å²) in [5.74, 6) is 0.812. The normalized spacial score (nSPS) is 19.8. The molecule has 0 atom stereocenters. The van der Waals surface area contributed by atoms with Crippen molar-refractivity contribution in [1.82, 2.24) is 24.4 Å². The van der Waals surface area contributed by atoms with Crippen LogP contribution in [-0.2, 0) is 0 Å². The minimum atomic E-state index is 0.744. The third-order valence-electron chi connectivity index (χ3n) is 6.53. The van der Waals surface area contributed by atoms with Crippen LogP contribution in [0.3, 0.4) is 0 Å². The van der Waals surface area contributed by atoms with Crippen LogP contribution in [0.4, 0.5) is 5.13 Å². The molecule has 0 saturated carbocycles. The molecule has 4 heterocycles. The van der Waals surface area contributed by atoms with Gasteiger partial charge in [-0.3, -0.25) is 0 Å². The van der Waals surface area contributed by atoms with Gasteiger partial charge in [-0.1, -0.05) is 35.1 Å². The van der Waals surface area contributed by atoms with E-state index in [9.17, 15) is 0 Å². The predicted octanol–water partition coefficient (Wildman–Crippen LogP) is 3.88. The van der Waals surface area contributed by atoms with Gasteiger partial charge in [-0.15, -0.1) is 5.10 Å². The van der Waals surface area contributed by atoms with Crippen molar-refractivity contribution in [3.63, 3.8) is 0 Å². The number of piperazine rings is 1. The highest BCUT2D eigenvalue weighted by atomic mass is 35.5. The first-order valence-corrected chi connectivity index (χ1v) is 12.0. The summed E-state index contributed by atoms with van der Waals surface area (Å²) in [5, 5.41) is 6.75. The Kier molecular flexibility index (Phi) is 5.71. The van der Waals surface area contributed by atoms with E-state index < -0.39 is 0 Å². The van der Waals surface area contributed by atoms with Gasteiger partial charge in [0.1, 0.15) is 0 Å². The van der Waals surface area contributed by atoms with Gasteiger partial charge >= 0.3 is 0 Å². The fraction of sp³-hybridized carbons (Fsp3) is 0.545. The number of piperidine rings is 1. The predicted molar refractivity (Wildman–Crippen MR) is 125 cm³/mol. The highest BCUT2D eigenvalue weighted by molar-refractivity contribution is 7.20. The van der Waals surface area contributed by atoms with Crippen LogP contribution in [0, 0.1) is 12.8 Å². The molecule has 6 nitrogen and oxygen atoms in total. The van der Waals surface area contributed by atoms with Crippen molar-refractivity contribution in [3.8, 4) is 11.3 Å². The number of anilines is 1. The second-order valence-electron chi connectivity index (χ2n) is 8.67. The molecule has 0 bridgehead atoms. The first kappa shape index (κ1) is 20.2. The topological polar surface area (TPSA) is 39.9 Å². The summed E-state index contributed by atoms with van der Waals surface area (Å²) in [6.07, 6.45) is 2.51. The number of hydrogen-bond acceptors (Lipinski definition) is 6. The van der Waals surface area contributed by atoms with Gasteiger partial charge in [0, 0.05) is 56.4 Å². The molecule has 2 aromatic heterocycles. The average Bonchev–Trinajstić information content (AvgIpc) is 3.31. The number of fused-ring (bicyclic) bond motifs is 1. The first-order chi connectivity index (χ1) is 14.6. The zero-order chi connectivity index (χ0) is 20.7. The Morgan fingerprint density at radius 2 is 1.73 bits per heavy atom. The SMILES string of the molecule is Cc1c(-c2ccc(Cl)cc2)nc2sc(N3CCC(CN4CCN(C)CC4)CC3)nn12. The smallest absolute Gasteiger partial charge is 0.214 e. The Bertz CT molecular complexity index is 997. The van der Waals surface area contributed by atoms with Crippen molar-refractivity contribution in [1.29, 1.82) is 0 Å². The number of benzene rings is 1. The quantitative estimate of drug-likeness (QED) is 0.610. The molecule has 2 aliphatic heterocycles. The number of hydrogen-bond donors (Lipinski definition) is 0. The zero-order valence-electron chi connectivity index (χ0n) is 17.7. The lowest BCUT2D eigenvalue weighted by molar-refractivity contribution is 0.129. The van der Waals surface area contributed by atoms with E-state index in [0.717, 1.165) is 51.1 Å². The highest BCUT2D eigenvalue weighted by Crippen LogP contribution is 2.32. The van der Waals surface area contributed by atoms with Crippen molar-refractivity contribution in [3.05, 3.63) is 35.0 Å². The standard InChI is InChI=1S/C22H29ClN6S/c1-16-20(18-3-5-19(23)6-4-18)24-21-29(16)25-22(30-21)28-9-7-17(8-10-28)15-27-13-11-26(2)12-14-27/h3-6,17H,7-15H2,1-2H3. The summed E-state index contributed by atoms with van der Waals surface area (Å²) >= 11 is 7.73. The molecular weight excluding hydrogens is 416 g/mol. The van der Waals surface area contributed by atoms with Crippen LogP contribution >= 0.6 is 22.9 Å². The molecule has 0 radical (unpaired) electrons. The molecule has 2 saturated heterocycles. The number of rotatable bonds is 4. The molecule has 0 unspecified atom stereocenters. The van der Waals surface area contributed by atoms with E-state index in [1.165, 1.54) is 45.6 Å². The minimum absolute atomic E-state index is 0.744. The van der Waals surface area contributed by atoms with Gasteiger partial charge < -0.3 is 14.7 Å². The second kappa shape index (κ2) is 8.46. The number of likely N-dealkylation sites (N-methyl/N-ethyl adjacent to an activating group) is 1. The van der Waals surface area contributed by atoms with E-state index in [2.05, 4.69) is 28.7 Å². The molecule has 1 aromatic carbocycles. The van der Waals surface area contributed by atoms with Crippen LogP contribution in [0.15, 0.2) is 24.3 Å². The van der Waals surface area contributed by atoms with Crippen LogP contribution in [0.2, 0.25) is 5.02 Å². The van der Waals surface area contributed by atoms with Crippen molar-refractivity contribution in [2.24, 2.45) is 5.92 Å². The maximum Gasteiger partial charge on any atom is 0.214 e. The maximum absolute atomic E-state index is 6.03. The first-order valence-electron chi connectivity index (χ1n) is 10.8. The molecule has 5 rings (SSSR count). The fourth-order valence-electron chi connectivity index (χ4n) is 4.55. The van der Waals surface area contributed by atoms with Crippen molar-refractivity contribution < 1.29 is 0 Å². The summed E-state index contributed by atoms with van der Waals surface area (Å²) in [4.78, 5) is 13.4. The molecule has 30 heavy (non-hydrogen) atoms. The van der Waals surface area contributed by atoms with E-state index in [0.29, 0.717) is 0 Å². The van der Waals surface area contributed by atoms with Crippen molar-refractivity contribution in [2.75, 3.05) is 57.8 Å². The zero-order valence-corrected chi connectivity index (χ0v) is 19.3. The molecule has 2 aliphatic rings. The van der Waals surface area contributed by atoms with E-state index in [1.807, 2.05) is 28.8 Å². The maximum atomic E-state index is 6.03. The number of nitrogens with zero attached hydrogens (tertiary/aromatic N) is 6. The monoisotopic (exact) mass is 444 g/mol. The van der Waals surface area contributed by atoms with E-state index in [4.69, 9.17) is 21.7 Å². The van der Waals surface area contributed by atoms with Gasteiger partial charge in [-0.25, -0.2) is 9.50 Å². The van der Waals surface area contributed by atoms with Gasteiger partial charge in [0.25, 0.3) is 0 Å². The van der Waals surface area contributed by atoms with Crippen LogP contribution in [0.1, 0.15) is 18.5 Å². The highest BCUT2D eigenvalue weighted by Gasteiger charge is 2.25. The minimum Gasteiger partial charge on any atom is -0.347 e. The second-order valence-corrected chi connectivity index (χ2v) is 10.0. The van der Waals surface area contributed by atoms with Gasteiger partial charge in [-0.2, -0.15) is 0 Å². The molecule has 3 aromatic rings. The Labute approximate surface area is 187 Å². The lowest BCUT2D eigenvalue weighted by Crippen LogP contribution is -2.47. The number of halogens is 1. The molecule has 0 amide bonds. The van der Waals surface area contributed by atoms with Crippen LogP contribution in [-0.4, -0.2) is 77.3 Å². The lowest BCUT2D eigenvalue weighted by Gasteiger charge is -2.37. The summed E-state index contributed by atoms with van der Waals surface area (Å²) in [6.45, 7) is 10.4. The summed E-state index contributed by atoms with van der Waals surface area (Å²) in [6, 6.07) is 7.87. The molecule has 2 fully saturated rings. The molecule has 0 aliphatic carbocycles. The number of aromatic nitrogens is 3. The Morgan fingerprint density at radius 3 is 2.40 bits per heavy atom. The van der Waals surface area contributed by atoms with Gasteiger partial charge in [0.2, 0.25) is 10.1 Å². The number of imidazole rings is 1. The Morgan fingerprint density at radius 1 is 1.03 bits per heavy atom. The summed E-state index contributed by atoms with van der Waals surface area (Å²) < 4.78 is 2.00. The number of aryl methyl sites for hydroxylation is 1.